The minimum Gasteiger partial charge on any atom is -0.494 e. The first kappa shape index (κ1) is 19.1. The number of methoxy groups -OCH3 is 1. The van der Waals surface area contributed by atoms with E-state index < -0.39 is 0 Å². The van der Waals surface area contributed by atoms with Gasteiger partial charge in [-0.1, -0.05) is 0 Å². The molecule has 0 saturated heterocycles. The van der Waals surface area contributed by atoms with Crippen molar-refractivity contribution in [2.75, 3.05) is 12.4 Å². The zero-order chi connectivity index (χ0) is 20.8. The quantitative estimate of drug-likeness (QED) is 0.713. The van der Waals surface area contributed by atoms with Crippen molar-refractivity contribution in [3.05, 3.63) is 41.5 Å². The van der Waals surface area contributed by atoms with Gasteiger partial charge in [-0.05, 0) is 75.2 Å². The number of carbonyl (C=O) groups is 1. The number of aromatic nitrogens is 6. The Bertz CT molecular complexity index is 1060. The number of carbonyl (C=O) groups excluding carboxylic acids is 1. The summed E-state index contributed by atoms with van der Waals surface area (Å²) in [4.78, 5) is 13.1. The molecule has 29 heavy (non-hydrogen) atoms. The molecule has 1 saturated carbocycles. The molecule has 2 aromatic heterocycles. The molecule has 0 unspecified atom stereocenters. The highest BCUT2D eigenvalue weighted by Gasteiger charge is 2.31. The minimum absolute atomic E-state index is 0.205. The third-order valence-electron chi connectivity index (χ3n) is 4.88. The minimum atomic E-state index is -0.297. The molecule has 1 aliphatic rings. The average molecular weight is 395 g/mol. The number of ether oxygens (including phenoxy) is 1. The molecule has 0 spiro atoms. The zero-order valence-electron chi connectivity index (χ0n) is 17.3. The van der Waals surface area contributed by atoms with Crippen LogP contribution in [0.3, 0.4) is 0 Å². The number of rotatable bonds is 5. The molecule has 1 aliphatic carbocycles. The van der Waals surface area contributed by atoms with E-state index in [1.165, 1.54) is 0 Å². The van der Waals surface area contributed by atoms with Crippen molar-refractivity contribution < 1.29 is 9.53 Å². The molecule has 2 heterocycles. The van der Waals surface area contributed by atoms with Crippen LogP contribution in [0.15, 0.2) is 24.3 Å². The first-order valence-electron chi connectivity index (χ1n) is 9.63. The summed E-state index contributed by atoms with van der Waals surface area (Å²) >= 11 is 0. The molecule has 0 bridgehead atoms. The molecule has 1 aromatic carbocycles. The Kier molecular flexibility index (Phi) is 4.60. The number of amides is 1. The Morgan fingerprint density at radius 2 is 2.00 bits per heavy atom. The van der Waals surface area contributed by atoms with Gasteiger partial charge in [-0.2, -0.15) is 9.78 Å². The Morgan fingerprint density at radius 1 is 1.24 bits per heavy atom. The van der Waals surface area contributed by atoms with E-state index >= 15 is 0 Å². The van der Waals surface area contributed by atoms with Crippen LogP contribution >= 0.6 is 0 Å². The van der Waals surface area contributed by atoms with E-state index in [0.29, 0.717) is 34.6 Å². The lowest BCUT2D eigenvalue weighted by Crippen LogP contribution is -2.29. The van der Waals surface area contributed by atoms with Crippen molar-refractivity contribution in [2.24, 2.45) is 0 Å². The second kappa shape index (κ2) is 6.98. The summed E-state index contributed by atoms with van der Waals surface area (Å²) in [6, 6.07) is 7.27. The van der Waals surface area contributed by atoms with Gasteiger partial charge < -0.3 is 10.1 Å². The van der Waals surface area contributed by atoms with Crippen LogP contribution in [-0.4, -0.2) is 43.0 Å². The Balaban J connectivity index is 1.66. The van der Waals surface area contributed by atoms with Crippen molar-refractivity contribution in [2.45, 2.75) is 52.0 Å². The first-order chi connectivity index (χ1) is 13.8. The molecule has 0 atom stereocenters. The molecule has 1 amide bonds. The summed E-state index contributed by atoms with van der Waals surface area (Å²) in [6.07, 6.45) is 2.27. The van der Waals surface area contributed by atoms with E-state index in [-0.39, 0.29) is 11.4 Å². The molecule has 0 aliphatic heterocycles. The second-order valence-corrected chi connectivity index (χ2v) is 8.29. The fourth-order valence-corrected chi connectivity index (χ4v) is 3.23. The van der Waals surface area contributed by atoms with E-state index in [2.05, 4.69) is 20.8 Å². The monoisotopic (exact) mass is 395 g/mol. The van der Waals surface area contributed by atoms with Crippen LogP contribution in [-0.2, 0) is 5.54 Å². The molecule has 3 aromatic rings. The third-order valence-corrected chi connectivity index (χ3v) is 4.88. The maximum absolute atomic E-state index is 13.1. The fraction of sp³-hybridized carbons (Fsp3) is 0.450. The molecule has 1 N–H and O–H groups in total. The average Bonchev–Trinajstić information content (AvgIpc) is 3.26. The summed E-state index contributed by atoms with van der Waals surface area (Å²) < 4.78 is 8.81. The number of anilines is 1. The van der Waals surface area contributed by atoms with Gasteiger partial charge in [0.05, 0.1) is 18.3 Å². The zero-order valence-corrected chi connectivity index (χ0v) is 17.3. The normalized spacial score (nSPS) is 14.1. The summed E-state index contributed by atoms with van der Waals surface area (Å²) in [5.74, 6) is 1.49. The summed E-state index contributed by atoms with van der Waals surface area (Å²) in [5, 5.41) is 19.3. The number of nitrogens with one attached hydrogen (secondary N) is 1. The first-order valence-corrected chi connectivity index (χ1v) is 9.63. The van der Waals surface area contributed by atoms with E-state index in [4.69, 9.17) is 9.84 Å². The van der Waals surface area contributed by atoms with Gasteiger partial charge in [0.1, 0.15) is 17.1 Å². The molecule has 1 fully saturated rings. The number of benzene rings is 1. The number of aryl methyl sites for hydroxylation is 1. The van der Waals surface area contributed by atoms with Crippen molar-refractivity contribution >= 4 is 11.6 Å². The van der Waals surface area contributed by atoms with Gasteiger partial charge in [-0.3, -0.25) is 9.48 Å². The predicted molar refractivity (Wildman–Crippen MR) is 108 cm³/mol. The second-order valence-electron chi connectivity index (χ2n) is 8.29. The molecule has 0 radical (unpaired) electrons. The summed E-state index contributed by atoms with van der Waals surface area (Å²) in [7, 11) is 1.58. The number of hydrogen-bond donors (Lipinski definition) is 1. The molecule has 9 nitrogen and oxygen atoms in total. The lowest BCUT2D eigenvalue weighted by Gasteiger charge is -2.22. The third kappa shape index (κ3) is 3.72. The van der Waals surface area contributed by atoms with Crippen molar-refractivity contribution in [1.82, 2.24) is 30.0 Å². The van der Waals surface area contributed by atoms with Gasteiger partial charge in [-0.25, -0.2) is 0 Å². The van der Waals surface area contributed by atoms with Gasteiger partial charge in [0.15, 0.2) is 5.82 Å². The highest BCUT2D eigenvalue weighted by molar-refractivity contribution is 6.03. The molecule has 152 valence electrons. The Morgan fingerprint density at radius 3 is 2.59 bits per heavy atom. The van der Waals surface area contributed by atoms with Crippen molar-refractivity contribution in [3.8, 4) is 11.4 Å². The van der Waals surface area contributed by atoms with Gasteiger partial charge in [0.25, 0.3) is 5.91 Å². The van der Waals surface area contributed by atoms with Crippen LogP contribution in [0.1, 0.15) is 61.5 Å². The van der Waals surface area contributed by atoms with Gasteiger partial charge >= 0.3 is 0 Å². The topological polar surface area (TPSA) is 99.8 Å². The SMILES string of the molecule is COc1ccc(NC(=O)c2cc(C3CC3)nn2C(C)(C)C)cc1-n1nnnc1C. The van der Waals surface area contributed by atoms with E-state index in [9.17, 15) is 4.79 Å². The van der Waals surface area contributed by atoms with Gasteiger partial charge in [0, 0.05) is 11.6 Å². The fourth-order valence-electron chi connectivity index (χ4n) is 3.23. The predicted octanol–water partition coefficient (Wildman–Crippen LogP) is 3.06. The van der Waals surface area contributed by atoms with Crippen LogP contribution in [0.25, 0.3) is 5.69 Å². The maximum Gasteiger partial charge on any atom is 0.273 e. The summed E-state index contributed by atoms with van der Waals surface area (Å²) in [5.41, 5.74) is 2.51. The van der Waals surface area contributed by atoms with Crippen molar-refractivity contribution in [3.63, 3.8) is 0 Å². The van der Waals surface area contributed by atoms with Crippen LogP contribution < -0.4 is 10.1 Å². The van der Waals surface area contributed by atoms with Crippen molar-refractivity contribution in [1.29, 1.82) is 0 Å². The number of tetrazole rings is 1. The molecular weight excluding hydrogens is 370 g/mol. The molecule has 4 rings (SSSR count). The lowest BCUT2D eigenvalue weighted by molar-refractivity contribution is 0.100. The van der Waals surface area contributed by atoms with E-state index in [1.807, 2.05) is 31.5 Å². The van der Waals surface area contributed by atoms with E-state index in [0.717, 1.165) is 18.5 Å². The van der Waals surface area contributed by atoms with Crippen LogP contribution in [0.2, 0.25) is 0 Å². The van der Waals surface area contributed by atoms with Crippen LogP contribution in [0.4, 0.5) is 5.69 Å². The van der Waals surface area contributed by atoms with Crippen LogP contribution in [0, 0.1) is 6.92 Å². The number of nitrogens with zero attached hydrogens (tertiary/aromatic N) is 6. The molecular formula is C20H25N7O2. The highest BCUT2D eigenvalue weighted by Crippen LogP contribution is 2.40. The highest BCUT2D eigenvalue weighted by atomic mass is 16.5. The molecule has 9 heteroatoms. The number of hydrogen-bond acceptors (Lipinski definition) is 6. The maximum atomic E-state index is 13.1. The Labute approximate surface area is 169 Å². The van der Waals surface area contributed by atoms with Crippen LogP contribution in [0.5, 0.6) is 5.75 Å². The standard InChI is InChI=1S/C20H25N7O2/c1-12-22-24-25-26(12)16-10-14(8-9-18(16)29-5)21-19(28)17-11-15(13-6-7-13)23-27(17)20(2,3)4/h8-11,13H,6-7H2,1-5H3,(H,21,28). The Hall–Kier alpha value is -3.23. The lowest BCUT2D eigenvalue weighted by atomic mass is 10.1. The smallest absolute Gasteiger partial charge is 0.273 e. The van der Waals surface area contributed by atoms with Gasteiger partial charge in [0.2, 0.25) is 0 Å². The van der Waals surface area contributed by atoms with E-state index in [1.54, 1.807) is 36.9 Å². The largest absolute Gasteiger partial charge is 0.494 e. The summed E-state index contributed by atoms with van der Waals surface area (Å²) in [6.45, 7) is 7.92. The van der Waals surface area contributed by atoms with Gasteiger partial charge in [-0.15, -0.1) is 5.10 Å².